The lowest BCUT2D eigenvalue weighted by molar-refractivity contribution is -0.130. The van der Waals surface area contributed by atoms with E-state index in [1.165, 1.54) is 0 Å². The van der Waals surface area contributed by atoms with Crippen molar-refractivity contribution in [3.8, 4) is 0 Å². The van der Waals surface area contributed by atoms with Crippen LogP contribution in [0.4, 0.5) is 0 Å². The number of esters is 1. The summed E-state index contributed by atoms with van der Waals surface area (Å²) in [6, 6.07) is 21.0. The van der Waals surface area contributed by atoms with Gasteiger partial charge in [-0.25, -0.2) is 9.79 Å². The van der Waals surface area contributed by atoms with E-state index < -0.39 is 5.97 Å². The number of cyclic esters (lactones) is 1. The van der Waals surface area contributed by atoms with Gasteiger partial charge < -0.3 is 14.5 Å². The first kappa shape index (κ1) is 25.5. The van der Waals surface area contributed by atoms with Gasteiger partial charge in [0.25, 0.3) is 5.91 Å². The van der Waals surface area contributed by atoms with Gasteiger partial charge in [-0.05, 0) is 41.8 Å². The number of hydrogen-bond acceptors (Lipinski definition) is 5. The summed E-state index contributed by atoms with van der Waals surface area (Å²) < 4.78 is 5.48. The van der Waals surface area contributed by atoms with Crippen molar-refractivity contribution >= 4 is 40.1 Å². The van der Waals surface area contributed by atoms with Crippen molar-refractivity contribution in [1.82, 2.24) is 9.80 Å². The van der Waals surface area contributed by atoms with Gasteiger partial charge in [-0.2, -0.15) is 0 Å². The van der Waals surface area contributed by atoms with Gasteiger partial charge in [0, 0.05) is 38.9 Å². The Kier molecular flexibility index (Phi) is 8.39. The molecule has 0 saturated carbocycles. The van der Waals surface area contributed by atoms with Crippen LogP contribution in [0.2, 0.25) is 5.02 Å². The van der Waals surface area contributed by atoms with E-state index in [-0.39, 0.29) is 5.91 Å². The molecule has 7 heteroatoms. The Morgan fingerprint density at radius 1 is 0.917 bits per heavy atom. The van der Waals surface area contributed by atoms with E-state index in [9.17, 15) is 9.59 Å². The molecule has 1 heterocycles. The van der Waals surface area contributed by atoms with E-state index in [1.807, 2.05) is 66.5 Å². The fraction of sp³-hybridized carbons (Fsp3) is 0.276. The SMILES string of the molecule is CN(/C=C1/N=C(c2cccc3ccccc23)OC1=O)CCCCCCN(C)C(=O)c1ccccc1Cl. The van der Waals surface area contributed by atoms with E-state index in [2.05, 4.69) is 4.99 Å². The molecule has 0 spiro atoms. The van der Waals surface area contributed by atoms with Gasteiger partial charge in [-0.1, -0.05) is 73.0 Å². The predicted octanol–water partition coefficient (Wildman–Crippen LogP) is 5.90. The zero-order valence-electron chi connectivity index (χ0n) is 20.6. The molecular formula is C29H30ClN3O3. The monoisotopic (exact) mass is 503 g/mol. The number of ether oxygens (including phenoxy) is 1. The molecule has 0 N–H and O–H groups in total. The van der Waals surface area contributed by atoms with Crippen LogP contribution in [-0.2, 0) is 9.53 Å². The average Bonchev–Trinajstić information content (AvgIpc) is 3.25. The highest BCUT2D eigenvalue weighted by Crippen LogP contribution is 2.24. The molecule has 0 aromatic heterocycles. The van der Waals surface area contributed by atoms with Crippen LogP contribution in [0.1, 0.15) is 41.6 Å². The number of carbonyl (C=O) groups is 2. The van der Waals surface area contributed by atoms with Crippen molar-refractivity contribution in [2.75, 3.05) is 27.2 Å². The Morgan fingerprint density at radius 2 is 1.61 bits per heavy atom. The molecule has 0 radical (unpaired) electrons. The fourth-order valence-corrected chi connectivity index (χ4v) is 4.42. The smallest absolute Gasteiger partial charge is 0.365 e. The molecule has 0 saturated heterocycles. The van der Waals surface area contributed by atoms with Crippen LogP contribution in [0.3, 0.4) is 0 Å². The third kappa shape index (κ3) is 6.13. The van der Waals surface area contributed by atoms with Gasteiger partial charge in [-0.3, -0.25) is 4.79 Å². The van der Waals surface area contributed by atoms with Crippen LogP contribution in [0.5, 0.6) is 0 Å². The molecule has 0 bridgehead atoms. The van der Waals surface area contributed by atoms with Gasteiger partial charge in [0.1, 0.15) is 0 Å². The van der Waals surface area contributed by atoms with E-state index in [0.29, 0.717) is 28.7 Å². The Hall–Kier alpha value is -3.64. The third-order valence-corrected chi connectivity index (χ3v) is 6.52. The molecule has 0 aliphatic carbocycles. The fourth-order valence-electron chi connectivity index (χ4n) is 4.21. The summed E-state index contributed by atoms with van der Waals surface area (Å²) in [4.78, 5) is 33.1. The first-order valence-corrected chi connectivity index (χ1v) is 12.5. The number of fused-ring (bicyclic) bond motifs is 1. The molecular weight excluding hydrogens is 474 g/mol. The average molecular weight is 504 g/mol. The summed E-state index contributed by atoms with van der Waals surface area (Å²) in [5.74, 6) is -0.151. The minimum Gasteiger partial charge on any atom is -0.402 e. The number of benzene rings is 3. The number of nitrogens with zero attached hydrogens (tertiary/aromatic N) is 3. The summed E-state index contributed by atoms with van der Waals surface area (Å²) in [6.45, 7) is 1.48. The lowest BCUT2D eigenvalue weighted by atomic mass is 10.0. The standard InChI is InChI=1S/C29H30ClN3O3/c1-32(18-9-3-4-10-19-33(2)28(34)24-15-7-8-17-25(24)30)20-26-29(35)36-27(31-26)23-16-11-13-21-12-5-6-14-22(21)23/h5-8,11-17,20H,3-4,9-10,18-19H2,1-2H3/b26-20+. The number of halogens is 1. The molecule has 186 valence electrons. The van der Waals surface area contributed by atoms with E-state index >= 15 is 0 Å². The Labute approximate surface area is 216 Å². The molecule has 6 nitrogen and oxygen atoms in total. The van der Waals surface area contributed by atoms with E-state index in [1.54, 1.807) is 30.3 Å². The minimum atomic E-state index is -0.434. The summed E-state index contributed by atoms with van der Waals surface area (Å²) >= 11 is 6.13. The molecule has 1 amide bonds. The van der Waals surface area contributed by atoms with Crippen LogP contribution in [-0.4, -0.2) is 54.8 Å². The maximum absolute atomic E-state index is 12.5. The maximum Gasteiger partial charge on any atom is 0.365 e. The van der Waals surface area contributed by atoms with Crippen molar-refractivity contribution in [3.63, 3.8) is 0 Å². The second kappa shape index (κ2) is 11.9. The zero-order chi connectivity index (χ0) is 25.5. The molecule has 0 fully saturated rings. The summed E-state index contributed by atoms with van der Waals surface area (Å²) in [5, 5.41) is 2.55. The van der Waals surface area contributed by atoms with E-state index in [0.717, 1.165) is 48.6 Å². The highest BCUT2D eigenvalue weighted by molar-refractivity contribution is 6.33. The highest BCUT2D eigenvalue weighted by Gasteiger charge is 2.25. The number of amides is 1. The summed E-state index contributed by atoms with van der Waals surface area (Å²) in [5.41, 5.74) is 1.65. The summed E-state index contributed by atoms with van der Waals surface area (Å²) in [6.07, 6.45) is 5.67. The van der Waals surface area contributed by atoms with E-state index in [4.69, 9.17) is 16.3 Å². The minimum absolute atomic E-state index is 0.0566. The molecule has 3 aromatic rings. The maximum atomic E-state index is 12.5. The van der Waals surface area contributed by atoms with Crippen molar-refractivity contribution in [3.05, 3.63) is 94.8 Å². The summed E-state index contributed by atoms with van der Waals surface area (Å²) in [7, 11) is 3.74. The molecule has 0 atom stereocenters. The van der Waals surface area contributed by atoms with Gasteiger partial charge in [0.05, 0.1) is 10.6 Å². The predicted molar refractivity (Wildman–Crippen MR) is 144 cm³/mol. The molecule has 0 unspecified atom stereocenters. The normalized spacial score (nSPS) is 14.1. The first-order valence-electron chi connectivity index (χ1n) is 12.1. The molecule has 4 rings (SSSR count). The van der Waals surface area contributed by atoms with Gasteiger partial charge in [0.2, 0.25) is 5.90 Å². The number of rotatable bonds is 10. The largest absolute Gasteiger partial charge is 0.402 e. The lowest BCUT2D eigenvalue weighted by Crippen LogP contribution is -2.28. The molecule has 36 heavy (non-hydrogen) atoms. The Morgan fingerprint density at radius 3 is 2.42 bits per heavy atom. The van der Waals surface area contributed by atoms with Gasteiger partial charge >= 0.3 is 5.97 Å². The van der Waals surface area contributed by atoms with Crippen LogP contribution in [0.25, 0.3) is 10.8 Å². The molecule has 1 aliphatic rings. The van der Waals surface area contributed by atoms with Crippen molar-refractivity contribution in [2.45, 2.75) is 25.7 Å². The molecule has 1 aliphatic heterocycles. The number of unbranched alkanes of at least 4 members (excludes halogenated alkanes) is 3. The van der Waals surface area contributed by atoms with Crippen molar-refractivity contribution < 1.29 is 14.3 Å². The second-order valence-electron chi connectivity index (χ2n) is 8.95. The van der Waals surface area contributed by atoms with Crippen molar-refractivity contribution in [2.24, 2.45) is 4.99 Å². The quantitative estimate of drug-likeness (QED) is 0.196. The second-order valence-corrected chi connectivity index (χ2v) is 9.36. The van der Waals surface area contributed by atoms with Crippen molar-refractivity contribution in [1.29, 1.82) is 0 Å². The van der Waals surface area contributed by atoms with Gasteiger partial charge in [0.15, 0.2) is 5.70 Å². The van der Waals surface area contributed by atoms with Crippen LogP contribution in [0, 0.1) is 0 Å². The Balaban J connectivity index is 1.23. The number of hydrogen-bond donors (Lipinski definition) is 0. The Bertz CT molecular complexity index is 1310. The topological polar surface area (TPSA) is 62.2 Å². The highest BCUT2D eigenvalue weighted by atomic mass is 35.5. The molecule has 3 aromatic carbocycles. The number of carbonyl (C=O) groups excluding carboxylic acids is 2. The first-order chi connectivity index (χ1) is 17.4. The number of aliphatic imine (C=N–C) groups is 1. The zero-order valence-corrected chi connectivity index (χ0v) is 21.4. The third-order valence-electron chi connectivity index (χ3n) is 6.19. The van der Waals surface area contributed by atoms with Gasteiger partial charge in [-0.15, -0.1) is 0 Å². The lowest BCUT2D eigenvalue weighted by Gasteiger charge is -2.18. The van der Waals surface area contributed by atoms with Crippen LogP contribution >= 0.6 is 11.6 Å². The van der Waals surface area contributed by atoms with Crippen LogP contribution < -0.4 is 0 Å². The van der Waals surface area contributed by atoms with Crippen LogP contribution in [0.15, 0.2) is 83.6 Å².